The van der Waals surface area contributed by atoms with E-state index in [1.165, 1.54) is 32.1 Å². The first-order valence-corrected chi connectivity index (χ1v) is 4.36. The van der Waals surface area contributed by atoms with E-state index in [-0.39, 0.29) is 0 Å². The summed E-state index contributed by atoms with van der Waals surface area (Å²) in [7, 11) is 0. The van der Waals surface area contributed by atoms with Gasteiger partial charge in [-0.3, -0.25) is 0 Å². The van der Waals surface area contributed by atoms with Crippen molar-refractivity contribution in [2.24, 2.45) is 0 Å². The van der Waals surface area contributed by atoms with E-state index in [4.69, 9.17) is 0 Å². The van der Waals surface area contributed by atoms with Crippen LogP contribution in [0.1, 0.15) is 45.4 Å². The minimum Gasteiger partial charge on any atom is -0.126 e. The predicted octanol–water partition coefficient (Wildman–Crippen LogP) is 3.44. The molecule has 0 bridgehead atoms. The Morgan fingerprint density at radius 3 is 2.60 bits per heavy atom. The summed E-state index contributed by atoms with van der Waals surface area (Å²) < 4.78 is 0. The van der Waals surface area contributed by atoms with E-state index in [9.17, 15) is 0 Å². The van der Waals surface area contributed by atoms with Crippen LogP contribution in [0.3, 0.4) is 0 Å². The fraction of sp³-hybridized carbons (Fsp3) is 0.700. The van der Waals surface area contributed by atoms with E-state index in [1.807, 2.05) is 0 Å². The molecule has 10 heavy (non-hydrogen) atoms. The molecule has 0 spiro atoms. The second-order valence-electron chi connectivity index (χ2n) is 2.92. The molecular formula is C10H16. The van der Waals surface area contributed by atoms with Gasteiger partial charge in [0, 0.05) is 0 Å². The van der Waals surface area contributed by atoms with E-state index in [2.05, 4.69) is 18.7 Å². The SMILES string of the molecule is CCC=C=C1CCCCC1. The smallest absolute Gasteiger partial charge is 0.0244 e. The zero-order valence-corrected chi connectivity index (χ0v) is 6.82. The van der Waals surface area contributed by atoms with Crippen molar-refractivity contribution in [2.75, 3.05) is 0 Å². The normalized spacial score (nSPS) is 18.3. The van der Waals surface area contributed by atoms with Gasteiger partial charge >= 0.3 is 0 Å². The molecule has 56 valence electrons. The van der Waals surface area contributed by atoms with Crippen LogP contribution in [0.25, 0.3) is 0 Å². The quantitative estimate of drug-likeness (QED) is 0.484. The average Bonchev–Trinajstić information content (AvgIpc) is 2.03. The van der Waals surface area contributed by atoms with Crippen LogP contribution in [0.5, 0.6) is 0 Å². The second-order valence-corrected chi connectivity index (χ2v) is 2.92. The largest absolute Gasteiger partial charge is 0.126 e. The lowest BCUT2D eigenvalue weighted by atomic mass is 9.96. The molecule has 0 saturated heterocycles. The molecule has 0 aliphatic heterocycles. The minimum atomic E-state index is 1.13. The zero-order chi connectivity index (χ0) is 7.23. The molecule has 0 heteroatoms. The van der Waals surface area contributed by atoms with E-state index in [1.54, 1.807) is 5.57 Å². The molecule has 1 fully saturated rings. The summed E-state index contributed by atoms with van der Waals surface area (Å²) in [5, 5.41) is 0. The third-order valence-corrected chi connectivity index (χ3v) is 1.97. The molecule has 0 radical (unpaired) electrons. The van der Waals surface area contributed by atoms with Crippen molar-refractivity contribution in [2.45, 2.75) is 45.4 Å². The van der Waals surface area contributed by atoms with Gasteiger partial charge in [-0.15, -0.1) is 5.73 Å². The van der Waals surface area contributed by atoms with E-state index in [0.717, 1.165) is 6.42 Å². The van der Waals surface area contributed by atoms with Gasteiger partial charge in [-0.25, -0.2) is 0 Å². The van der Waals surface area contributed by atoms with Crippen molar-refractivity contribution in [3.05, 3.63) is 17.4 Å². The van der Waals surface area contributed by atoms with Gasteiger partial charge in [-0.05, 0) is 43.8 Å². The summed E-state index contributed by atoms with van der Waals surface area (Å²) in [6.07, 6.45) is 10.1. The molecule has 0 aromatic carbocycles. The summed E-state index contributed by atoms with van der Waals surface area (Å²) in [5.41, 5.74) is 4.91. The number of allylic oxidation sites excluding steroid dienone is 1. The van der Waals surface area contributed by atoms with Crippen molar-refractivity contribution < 1.29 is 0 Å². The lowest BCUT2D eigenvalue weighted by Gasteiger charge is -2.10. The number of hydrogen-bond acceptors (Lipinski definition) is 0. The van der Waals surface area contributed by atoms with Crippen LogP contribution in [0, 0.1) is 0 Å². The molecule has 0 amide bonds. The average molecular weight is 136 g/mol. The molecule has 0 heterocycles. The van der Waals surface area contributed by atoms with Crippen LogP contribution in [-0.4, -0.2) is 0 Å². The Labute approximate surface area is 63.6 Å². The molecule has 1 rings (SSSR count). The highest BCUT2D eigenvalue weighted by Crippen LogP contribution is 2.21. The zero-order valence-electron chi connectivity index (χ0n) is 6.82. The highest BCUT2D eigenvalue weighted by molar-refractivity contribution is 5.03. The van der Waals surface area contributed by atoms with Gasteiger partial charge in [0.1, 0.15) is 0 Å². The molecule has 0 unspecified atom stereocenters. The van der Waals surface area contributed by atoms with Gasteiger partial charge in [0.25, 0.3) is 0 Å². The standard InChI is InChI=1S/C10H16/c1-2-3-7-10-8-5-4-6-9-10/h3H,2,4-6,8-9H2,1H3. The van der Waals surface area contributed by atoms with Crippen LogP contribution >= 0.6 is 0 Å². The van der Waals surface area contributed by atoms with E-state index < -0.39 is 0 Å². The maximum absolute atomic E-state index is 3.36. The topological polar surface area (TPSA) is 0 Å². The van der Waals surface area contributed by atoms with Gasteiger partial charge in [0.2, 0.25) is 0 Å². The molecule has 0 aromatic heterocycles. The van der Waals surface area contributed by atoms with Crippen LogP contribution in [0.15, 0.2) is 17.4 Å². The fourth-order valence-electron chi connectivity index (χ4n) is 1.37. The van der Waals surface area contributed by atoms with Gasteiger partial charge in [0.05, 0.1) is 0 Å². The molecule has 1 aliphatic rings. The maximum Gasteiger partial charge on any atom is -0.0244 e. The Hall–Kier alpha value is -0.480. The Bertz CT molecular complexity index is 139. The van der Waals surface area contributed by atoms with E-state index in [0.29, 0.717) is 0 Å². The van der Waals surface area contributed by atoms with Crippen molar-refractivity contribution in [3.63, 3.8) is 0 Å². The highest BCUT2D eigenvalue weighted by atomic mass is 14.1. The molecule has 0 N–H and O–H groups in total. The minimum absolute atomic E-state index is 1.13. The van der Waals surface area contributed by atoms with Crippen LogP contribution in [0.4, 0.5) is 0 Å². The van der Waals surface area contributed by atoms with Crippen molar-refractivity contribution in [3.8, 4) is 0 Å². The third-order valence-electron chi connectivity index (χ3n) is 1.97. The highest BCUT2D eigenvalue weighted by Gasteiger charge is 2.02. The predicted molar refractivity (Wildman–Crippen MR) is 45.0 cm³/mol. The first kappa shape index (κ1) is 7.63. The molecule has 0 aromatic rings. The Kier molecular flexibility index (Phi) is 3.32. The van der Waals surface area contributed by atoms with Gasteiger partial charge < -0.3 is 0 Å². The summed E-state index contributed by atoms with van der Waals surface area (Å²) in [4.78, 5) is 0. The first-order valence-electron chi connectivity index (χ1n) is 4.36. The molecule has 1 saturated carbocycles. The van der Waals surface area contributed by atoms with Crippen molar-refractivity contribution in [1.29, 1.82) is 0 Å². The fourth-order valence-corrected chi connectivity index (χ4v) is 1.37. The van der Waals surface area contributed by atoms with Crippen molar-refractivity contribution in [1.82, 2.24) is 0 Å². The van der Waals surface area contributed by atoms with Crippen molar-refractivity contribution >= 4 is 0 Å². The molecule has 1 aliphatic carbocycles. The number of hydrogen-bond donors (Lipinski definition) is 0. The number of rotatable bonds is 1. The van der Waals surface area contributed by atoms with Crippen LogP contribution in [-0.2, 0) is 0 Å². The Balaban J connectivity index is 2.45. The molecular weight excluding hydrogens is 120 g/mol. The lowest BCUT2D eigenvalue weighted by Crippen LogP contribution is -1.91. The van der Waals surface area contributed by atoms with E-state index >= 15 is 0 Å². The third kappa shape index (κ3) is 2.41. The first-order chi connectivity index (χ1) is 4.93. The maximum atomic E-state index is 3.36. The van der Waals surface area contributed by atoms with Gasteiger partial charge in [-0.2, -0.15) is 0 Å². The van der Waals surface area contributed by atoms with Gasteiger partial charge in [-0.1, -0.05) is 13.3 Å². The van der Waals surface area contributed by atoms with Gasteiger partial charge in [0.15, 0.2) is 0 Å². The molecule has 0 atom stereocenters. The second kappa shape index (κ2) is 4.35. The molecule has 0 nitrogen and oxygen atoms in total. The summed E-state index contributed by atoms with van der Waals surface area (Å²) in [5.74, 6) is 0. The Morgan fingerprint density at radius 2 is 2.00 bits per heavy atom. The summed E-state index contributed by atoms with van der Waals surface area (Å²) in [6, 6.07) is 0. The van der Waals surface area contributed by atoms with Crippen LogP contribution in [0.2, 0.25) is 0 Å². The lowest BCUT2D eigenvalue weighted by molar-refractivity contribution is 0.600. The Morgan fingerprint density at radius 1 is 1.30 bits per heavy atom. The monoisotopic (exact) mass is 136 g/mol. The van der Waals surface area contributed by atoms with Crippen LogP contribution < -0.4 is 0 Å². The summed E-state index contributed by atoms with van der Waals surface area (Å²) >= 11 is 0. The summed E-state index contributed by atoms with van der Waals surface area (Å²) in [6.45, 7) is 2.16.